The highest BCUT2D eigenvalue weighted by molar-refractivity contribution is 7.20. The molecule has 0 aliphatic carbocycles. The van der Waals surface area contributed by atoms with Crippen LogP contribution in [0, 0.1) is 5.92 Å². The molecule has 0 amide bonds. The summed E-state index contributed by atoms with van der Waals surface area (Å²) in [5, 5.41) is 12.5. The van der Waals surface area contributed by atoms with E-state index in [0.717, 1.165) is 55.0 Å². The van der Waals surface area contributed by atoms with Crippen LogP contribution in [0.5, 0.6) is 10.9 Å². The molecule has 2 aromatic heterocycles. The highest BCUT2D eigenvalue weighted by atomic mass is 32.1. The van der Waals surface area contributed by atoms with Gasteiger partial charge in [-0.15, -0.1) is 10.2 Å². The van der Waals surface area contributed by atoms with Crippen LogP contribution in [0.4, 0.5) is 0 Å². The fourth-order valence-corrected chi connectivity index (χ4v) is 4.43. The van der Waals surface area contributed by atoms with E-state index in [-0.39, 0.29) is 0 Å². The van der Waals surface area contributed by atoms with Crippen molar-refractivity contribution in [3.8, 4) is 10.9 Å². The number of tetrazole rings is 1. The predicted molar refractivity (Wildman–Crippen MR) is 128 cm³/mol. The first-order chi connectivity index (χ1) is 15.7. The van der Waals surface area contributed by atoms with Gasteiger partial charge >= 0.3 is 0 Å². The Bertz CT molecular complexity index is 1050. The zero-order chi connectivity index (χ0) is 22.2. The van der Waals surface area contributed by atoms with Crippen molar-refractivity contribution >= 4 is 21.6 Å². The van der Waals surface area contributed by atoms with Gasteiger partial charge in [-0.05, 0) is 60.3 Å². The number of hydrogen-bond acceptors (Lipinski definition) is 7. The minimum absolute atomic E-state index is 0.681. The SMILES string of the molecule is CCC(C)CN(CCCn1ncnn1)CCc1ccc(Oc2nc3ccccc3s2)cc1. The van der Waals surface area contributed by atoms with Crippen LogP contribution in [0.1, 0.15) is 32.3 Å². The van der Waals surface area contributed by atoms with E-state index in [9.17, 15) is 0 Å². The first-order valence-corrected chi connectivity index (χ1v) is 12.1. The molecule has 0 N–H and O–H groups in total. The van der Waals surface area contributed by atoms with Crippen LogP contribution >= 0.6 is 11.3 Å². The van der Waals surface area contributed by atoms with Gasteiger partial charge in [0.2, 0.25) is 0 Å². The summed E-state index contributed by atoms with van der Waals surface area (Å²) in [5.74, 6) is 1.51. The molecule has 0 fully saturated rings. The normalized spacial score (nSPS) is 12.5. The van der Waals surface area contributed by atoms with Crippen molar-refractivity contribution in [3.05, 3.63) is 60.4 Å². The van der Waals surface area contributed by atoms with E-state index in [1.807, 2.05) is 30.3 Å². The van der Waals surface area contributed by atoms with Crippen molar-refractivity contribution < 1.29 is 4.74 Å². The summed E-state index contributed by atoms with van der Waals surface area (Å²) in [7, 11) is 0. The molecule has 0 radical (unpaired) electrons. The van der Waals surface area contributed by atoms with Crippen LogP contribution in [0.2, 0.25) is 0 Å². The molecule has 0 spiro atoms. The average Bonchev–Trinajstić information content (AvgIpc) is 3.47. The maximum absolute atomic E-state index is 5.98. The summed E-state index contributed by atoms with van der Waals surface area (Å²) >= 11 is 1.57. The van der Waals surface area contributed by atoms with Crippen molar-refractivity contribution in [2.45, 2.75) is 39.7 Å². The number of benzene rings is 2. The second kappa shape index (κ2) is 11.2. The standard InChI is InChI=1S/C24H30N6OS/c1-3-19(2)17-29(14-6-15-30-26-18-25-28-30)16-13-20-9-11-21(12-10-20)31-24-27-22-7-4-5-8-23(22)32-24/h4-5,7-12,18-19H,3,6,13-17H2,1-2H3. The van der Waals surface area contributed by atoms with Crippen molar-refractivity contribution in [3.63, 3.8) is 0 Å². The molecule has 0 bridgehead atoms. The molecule has 0 saturated heterocycles. The molecule has 168 valence electrons. The van der Waals surface area contributed by atoms with Gasteiger partial charge in [-0.25, -0.2) is 4.98 Å². The molecule has 1 atom stereocenters. The van der Waals surface area contributed by atoms with Crippen LogP contribution < -0.4 is 4.74 Å². The molecule has 32 heavy (non-hydrogen) atoms. The lowest BCUT2D eigenvalue weighted by Crippen LogP contribution is -2.32. The summed E-state index contributed by atoms with van der Waals surface area (Å²) in [5.41, 5.74) is 2.29. The predicted octanol–water partition coefficient (Wildman–Crippen LogP) is 5.06. The van der Waals surface area contributed by atoms with Gasteiger partial charge in [-0.2, -0.15) is 4.80 Å². The summed E-state index contributed by atoms with van der Waals surface area (Å²) in [6.45, 7) is 8.55. The number of hydrogen-bond donors (Lipinski definition) is 0. The Morgan fingerprint density at radius 1 is 1.09 bits per heavy atom. The Hall–Kier alpha value is -2.84. The minimum atomic E-state index is 0.681. The van der Waals surface area contributed by atoms with Gasteiger partial charge < -0.3 is 9.64 Å². The molecule has 4 rings (SSSR count). The number of fused-ring (bicyclic) bond motifs is 1. The Balaban J connectivity index is 1.29. The number of rotatable bonds is 12. The molecule has 1 unspecified atom stereocenters. The number of aryl methyl sites for hydroxylation is 1. The number of thiazole rings is 1. The Morgan fingerprint density at radius 3 is 2.69 bits per heavy atom. The van der Waals surface area contributed by atoms with Gasteiger partial charge in [0, 0.05) is 13.1 Å². The highest BCUT2D eigenvalue weighted by Gasteiger charge is 2.10. The lowest BCUT2D eigenvalue weighted by molar-refractivity contribution is 0.228. The number of aromatic nitrogens is 5. The second-order valence-electron chi connectivity index (χ2n) is 8.14. The maximum atomic E-state index is 5.98. The van der Waals surface area contributed by atoms with E-state index in [1.165, 1.54) is 18.3 Å². The van der Waals surface area contributed by atoms with Gasteiger partial charge in [-0.1, -0.05) is 55.9 Å². The van der Waals surface area contributed by atoms with Gasteiger partial charge in [-0.3, -0.25) is 0 Å². The Labute approximate surface area is 193 Å². The molecule has 2 heterocycles. The van der Waals surface area contributed by atoms with E-state index in [0.29, 0.717) is 11.1 Å². The van der Waals surface area contributed by atoms with Crippen LogP contribution in [-0.2, 0) is 13.0 Å². The summed E-state index contributed by atoms with van der Waals surface area (Å²) in [6, 6.07) is 16.5. The monoisotopic (exact) mass is 450 g/mol. The molecular formula is C24H30N6OS. The highest BCUT2D eigenvalue weighted by Crippen LogP contribution is 2.31. The van der Waals surface area contributed by atoms with Gasteiger partial charge in [0.25, 0.3) is 5.19 Å². The number of para-hydroxylation sites is 1. The molecule has 8 heteroatoms. The lowest BCUT2D eigenvalue weighted by Gasteiger charge is -2.25. The Kier molecular flexibility index (Phi) is 7.79. The molecule has 0 saturated carbocycles. The van der Waals surface area contributed by atoms with E-state index in [1.54, 1.807) is 16.1 Å². The number of nitrogens with zero attached hydrogens (tertiary/aromatic N) is 6. The van der Waals surface area contributed by atoms with E-state index < -0.39 is 0 Å². The van der Waals surface area contributed by atoms with Crippen molar-refractivity contribution in [2.24, 2.45) is 5.92 Å². The van der Waals surface area contributed by atoms with Crippen LogP contribution in [0.3, 0.4) is 0 Å². The van der Waals surface area contributed by atoms with Gasteiger partial charge in [0.05, 0.1) is 16.8 Å². The second-order valence-corrected chi connectivity index (χ2v) is 9.14. The summed E-state index contributed by atoms with van der Waals surface area (Å²) in [6.07, 6.45) is 4.71. The third kappa shape index (κ3) is 6.34. The van der Waals surface area contributed by atoms with Crippen LogP contribution in [0.15, 0.2) is 54.9 Å². The Morgan fingerprint density at radius 2 is 1.94 bits per heavy atom. The number of ether oxygens (including phenoxy) is 1. The van der Waals surface area contributed by atoms with Crippen LogP contribution in [-0.4, -0.2) is 49.7 Å². The average molecular weight is 451 g/mol. The molecule has 2 aromatic carbocycles. The quantitative estimate of drug-likeness (QED) is 0.301. The first kappa shape index (κ1) is 22.4. The van der Waals surface area contributed by atoms with E-state index >= 15 is 0 Å². The van der Waals surface area contributed by atoms with Gasteiger partial charge in [0.1, 0.15) is 5.75 Å². The fraction of sp³-hybridized carbons (Fsp3) is 0.417. The third-order valence-corrected chi connectivity index (χ3v) is 6.52. The molecule has 4 aromatic rings. The largest absolute Gasteiger partial charge is 0.431 e. The third-order valence-electron chi connectivity index (χ3n) is 5.61. The maximum Gasteiger partial charge on any atom is 0.279 e. The van der Waals surface area contributed by atoms with Crippen LogP contribution in [0.25, 0.3) is 10.2 Å². The molecule has 7 nitrogen and oxygen atoms in total. The van der Waals surface area contributed by atoms with Crippen molar-refractivity contribution in [1.29, 1.82) is 0 Å². The van der Waals surface area contributed by atoms with E-state index in [4.69, 9.17) is 4.74 Å². The van der Waals surface area contributed by atoms with Crippen molar-refractivity contribution in [1.82, 2.24) is 30.1 Å². The zero-order valence-electron chi connectivity index (χ0n) is 18.7. The molecule has 0 aliphatic heterocycles. The fourth-order valence-electron chi connectivity index (χ4n) is 3.60. The zero-order valence-corrected chi connectivity index (χ0v) is 19.5. The topological polar surface area (TPSA) is 69.0 Å². The molecular weight excluding hydrogens is 420 g/mol. The van der Waals surface area contributed by atoms with E-state index in [2.05, 4.69) is 57.3 Å². The lowest BCUT2D eigenvalue weighted by atomic mass is 10.1. The van der Waals surface area contributed by atoms with Gasteiger partial charge in [0.15, 0.2) is 6.33 Å². The minimum Gasteiger partial charge on any atom is -0.431 e. The first-order valence-electron chi connectivity index (χ1n) is 11.2. The molecule has 0 aliphatic rings. The smallest absolute Gasteiger partial charge is 0.279 e. The van der Waals surface area contributed by atoms with Crippen molar-refractivity contribution in [2.75, 3.05) is 19.6 Å². The summed E-state index contributed by atoms with van der Waals surface area (Å²) < 4.78 is 7.12. The summed E-state index contributed by atoms with van der Waals surface area (Å²) in [4.78, 5) is 8.76.